The van der Waals surface area contributed by atoms with E-state index in [9.17, 15) is 8.42 Å². The van der Waals surface area contributed by atoms with E-state index in [-0.39, 0.29) is 29.7 Å². The first kappa shape index (κ1) is 23.1. The number of halogens is 1. The van der Waals surface area contributed by atoms with Crippen LogP contribution in [0.5, 0.6) is 0 Å². The molecule has 0 atom stereocenters. The summed E-state index contributed by atoms with van der Waals surface area (Å²) >= 11 is 0. The van der Waals surface area contributed by atoms with Crippen LogP contribution in [0.25, 0.3) is 0 Å². The molecule has 1 aromatic carbocycles. The topological polar surface area (TPSA) is 79.8 Å². The highest BCUT2D eigenvalue weighted by Crippen LogP contribution is 2.10. The quantitative estimate of drug-likeness (QED) is 0.237. The highest BCUT2D eigenvalue weighted by Gasteiger charge is 2.12. The first-order valence-electron chi connectivity index (χ1n) is 7.90. The Balaban J connectivity index is 0.00000529. The molecule has 0 aliphatic heterocycles. The fraction of sp³-hybridized carbons (Fsp3) is 0.562. The third kappa shape index (κ3) is 9.43. The van der Waals surface area contributed by atoms with Gasteiger partial charge in [-0.2, -0.15) is 0 Å². The van der Waals surface area contributed by atoms with Crippen molar-refractivity contribution in [3.8, 4) is 0 Å². The molecule has 0 unspecified atom stereocenters. The second-order valence-corrected chi connectivity index (χ2v) is 7.07. The van der Waals surface area contributed by atoms with Crippen molar-refractivity contribution in [2.24, 2.45) is 4.99 Å². The van der Waals surface area contributed by atoms with E-state index in [0.717, 1.165) is 26.2 Å². The molecule has 0 saturated carbocycles. The standard InChI is InChI=1S/C16H27N3O3S.HI/c1-3-22-13-7-11-18-16(17-2)19-12-8-14-23(20,21)15-9-5-4-6-10-15;/h4-6,9-10H,3,7-8,11-14H2,1-2H3,(H2,17,18,19);1H. The smallest absolute Gasteiger partial charge is 0.190 e. The number of rotatable bonds is 10. The predicted molar refractivity (Wildman–Crippen MR) is 109 cm³/mol. The van der Waals surface area contributed by atoms with Crippen LogP contribution in [0.1, 0.15) is 19.8 Å². The Morgan fingerprint density at radius 3 is 2.33 bits per heavy atom. The van der Waals surface area contributed by atoms with Gasteiger partial charge in [0.2, 0.25) is 0 Å². The molecule has 24 heavy (non-hydrogen) atoms. The molecule has 0 heterocycles. The van der Waals surface area contributed by atoms with E-state index in [1.807, 2.05) is 13.0 Å². The summed E-state index contributed by atoms with van der Waals surface area (Å²) in [6, 6.07) is 8.53. The van der Waals surface area contributed by atoms with Crippen molar-refractivity contribution in [1.82, 2.24) is 10.6 Å². The fourth-order valence-corrected chi connectivity index (χ4v) is 3.29. The maximum atomic E-state index is 12.1. The molecule has 0 saturated heterocycles. The Morgan fingerprint density at radius 1 is 1.12 bits per heavy atom. The van der Waals surface area contributed by atoms with E-state index >= 15 is 0 Å². The molecule has 0 bridgehead atoms. The van der Waals surface area contributed by atoms with E-state index < -0.39 is 9.84 Å². The van der Waals surface area contributed by atoms with E-state index in [0.29, 0.717) is 23.8 Å². The summed E-state index contributed by atoms with van der Waals surface area (Å²) in [6.45, 7) is 4.73. The molecule has 2 N–H and O–H groups in total. The van der Waals surface area contributed by atoms with Crippen molar-refractivity contribution in [2.75, 3.05) is 39.1 Å². The second-order valence-electron chi connectivity index (χ2n) is 4.96. The van der Waals surface area contributed by atoms with Gasteiger partial charge in [-0.25, -0.2) is 8.42 Å². The summed E-state index contributed by atoms with van der Waals surface area (Å²) in [5, 5.41) is 6.29. The van der Waals surface area contributed by atoms with Gasteiger partial charge < -0.3 is 15.4 Å². The molecule has 0 radical (unpaired) electrons. The van der Waals surface area contributed by atoms with Crippen molar-refractivity contribution < 1.29 is 13.2 Å². The van der Waals surface area contributed by atoms with Crippen LogP contribution in [0.15, 0.2) is 40.2 Å². The van der Waals surface area contributed by atoms with Crippen molar-refractivity contribution in [2.45, 2.75) is 24.7 Å². The second kappa shape index (κ2) is 13.4. The average molecular weight is 469 g/mol. The molecular weight excluding hydrogens is 441 g/mol. The van der Waals surface area contributed by atoms with E-state index in [2.05, 4.69) is 15.6 Å². The minimum atomic E-state index is -3.21. The molecule has 0 aromatic heterocycles. The number of sulfone groups is 1. The molecule has 0 fully saturated rings. The maximum absolute atomic E-state index is 12.1. The van der Waals surface area contributed by atoms with Crippen molar-refractivity contribution >= 4 is 39.8 Å². The lowest BCUT2D eigenvalue weighted by Gasteiger charge is -2.12. The summed E-state index contributed by atoms with van der Waals surface area (Å²) in [6.07, 6.45) is 1.42. The monoisotopic (exact) mass is 469 g/mol. The van der Waals surface area contributed by atoms with Crippen LogP contribution in [-0.4, -0.2) is 53.5 Å². The lowest BCUT2D eigenvalue weighted by molar-refractivity contribution is 0.145. The van der Waals surface area contributed by atoms with Gasteiger partial charge in [0.15, 0.2) is 15.8 Å². The third-order valence-electron chi connectivity index (χ3n) is 3.17. The van der Waals surface area contributed by atoms with Crippen LogP contribution >= 0.6 is 24.0 Å². The Kier molecular flexibility index (Phi) is 12.9. The van der Waals surface area contributed by atoms with Gasteiger partial charge in [-0.15, -0.1) is 24.0 Å². The molecule has 0 aliphatic carbocycles. The van der Waals surface area contributed by atoms with E-state index in [1.54, 1.807) is 31.3 Å². The number of ether oxygens (including phenoxy) is 1. The summed E-state index contributed by atoms with van der Waals surface area (Å²) in [5.74, 6) is 0.796. The highest BCUT2D eigenvalue weighted by molar-refractivity contribution is 14.0. The Labute approximate surface area is 162 Å². The molecule has 6 nitrogen and oxygen atoms in total. The summed E-state index contributed by atoms with van der Waals surface area (Å²) in [5.41, 5.74) is 0. The Bertz CT molecular complexity index is 565. The number of nitrogens with one attached hydrogen (secondary N) is 2. The minimum absolute atomic E-state index is 0. The number of guanidine groups is 1. The molecule has 1 rings (SSSR count). The Hall–Kier alpha value is -0.870. The van der Waals surface area contributed by atoms with Crippen molar-refractivity contribution in [3.05, 3.63) is 30.3 Å². The first-order valence-corrected chi connectivity index (χ1v) is 9.55. The van der Waals surface area contributed by atoms with Crippen LogP contribution in [-0.2, 0) is 14.6 Å². The maximum Gasteiger partial charge on any atom is 0.190 e. The molecular formula is C16H28IN3O3S. The molecule has 8 heteroatoms. The van der Waals surface area contributed by atoms with Crippen molar-refractivity contribution in [1.29, 1.82) is 0 Å². The SMILES string of the molecule is CCOCCCNC(=NC)NCCCS(=O)(=O)c1ccccc1.I. The van der Waals surface area contributed by atoms with Crippen LogP contribution in [0, 0.1) is 0 Å². The number of hydrogen-bond acceptors (Lipinski definition) is 4. The van der Waals surface area contributed by atoms with Crippen LogP contribution in [0.2, 0.25) is 0 Å². The largest absolute Gasteiger partial charge is 0.382 e. The number of hydrogen-bond donors (Lipinski definition) is 2. The minimum Gasteiger partial charge on any atom is -0.382 e. The first-order chi connectivity index (χ1) is 11.1. The Morgan fingerprint density at radius 2 is 1.75 bits per heavy atom. The van der Waals surface area contributed by atoms with Gasteiger partial charge in [0, 0.05) is 33.4 Å². The normalized spacial score (nSPS) is 11.7. The van der Waals surface area contributed by atoms with Gasteiger partial charge in [-0.3, -0.25) is 4.99 Å². The number of aliphatic imine (C=N–C) groups is 1. The van der Waals surface area contributed by atoms with Gasteiger partial charge in [0.1, 0.15) is 0 Å². The van der Waals surface area contributed by atoms with Gasteiger partial charge in [-0.1, -0.05) is 18.2 Å². The van der Waals surface area contributed by atoms with E-state index in [1.165, 1.54) is 0 Å². The summed E-state index contributed by atoms with van der Waals surface area (Å²) < 4.78 is 29.5. The van der Waals surface area contributed by atoms with Gasteiger partial charge >= 0.3 is 0 Å². The zero-order chi connectivity index (χ0) is 17.0. The van der Waals surface area contributed by atoms with Crippen LogP contribution < -0.4 is 10.6 Å². The van der Waals surface area contributed by atoms with E-state index in [4.69, 9.17) is 4.74 Å². The van der Waals surface area contributed by atoms with Crippen LogP contribution in [0.4, 0.5) is 0 Å². The highest BCUT2D eigenvalue weighted by atomic mass is 127. The predicted octanol–water partition coefficient (Wildman–Crippen LogP) is 2.06. The molecule has 0 amide bonds. The third-order valence-corrected chi connectivity index (χ3v) is 4.99. The van der Waals surface area contributed by atoms with Gasteiger partial charge in [-0.05, 0) is 31.9 Å². The lowest BCUT2D eigenvalue weighted by atomic mass is 10.4. The molecule has 0 aliphatic rings. The number of benzene rings is 1. The molecule has 1 aromatic rings. The zero-order valence-electron chi connectivity index (χ0n) is 14.3. The van der Waals surface area contributed by atoms with Gasteiger partial charge in [0.05, 0.1) is 10.6 Å². The fourth-order valence-electron chi connectivity index (χ4n) is 1.96. The molecule has 138 valence electrons. The van der Waals surface area contributed by atoms with Gasteiger partial charge in [0.25, 0.3) is 0 Å². The average Bonchev–Trinajstić information content (AvgIpc) is 2.57. The molecule has 0 spiro atoms. The lowest BCUT2D eigenvalue weighted by Crippen LogP contribution is -2.38. The van der Waals surface area contributed by atoms with Crippen LogP contribution in [0.3, 0.4) is 0 Å². The number of nitrogens with zero attached hydrogens (tertiary/aromatic N) is 1. The zero-order valence-corrected chi connectivity index (χ0v) is 17.5. The summed E-state index contributed by atoms with van der Waals surface area (Å²) in [7, 11) is -1.52. The van der Waals surface area contributed by atoms with Crippen molar-refractivity contribution in [3.63, 3.8) is 0 Å². The summed E-state index contributed by atoms with van der Waals surface area (Å²) in [4.78, 5) is 4.48.